The molecule has 3 rings (SSSR count). The van der Waals surface area contributed by atoms with Crippen molar-refractivity contribution >= 4 is 17.6 Å². The Morgan fingerprint density at radius 3 is 2.67 bits per heavy atom. The van der Waals surface area contributed by atoms with E-state index in [-0.39, 0.29) is 17.7 Å². The number of aromatic nitrogens is 1. The topological polar surface area (TPSA) is 62.3 Å². The van der Waals surface area contributed by atoms with Crippen LogP contribution in [0.2, 0.25) is 0 Å². The van der Waals surface area contributed by atoms with Crippen molar-refractivity contribution in [2.45, 2.75) is 39.5 Å². The highest BCUT2D eigenvalue weighted by molar-refractivity contribution is 5.92. The highest BCUT2D eigenvalue weighted by Crippen LogP contribution is 2.20. The molecule has 1 unspecified atom stereocenters. The molecule has 0 saturated carbocycles. The van der Waals surface area contributed by atoms with Crippen LogP contribution >= 0.6 is 0 Å². The molecule has 0 radical (unpaired) electrons. The van der Waals surface area contributed by atoms with Gasteiger partial charge in [-0.25, -0.2) is 4.98 Å². The van der Waals surface area contributed by atoms with Gasteiger partial charge in [0.15, 0.2) is 0 Å². The Hall–Kier alpha value is -2.69. The summed E-state index contributed by atoms with van der Waals surface area (Å²) in [6.45, 7) is 5.18. The Balaban J connectivity index is 1.52. The quantitative estimate of drug-likeness (QED) is 0.882. The molecule has 142 valence electrons. The Morgan fingerprint density at radius 1 is 1.15 bits per heavy atom. The number of nitrogens with one attached hydrogen (secondary N) is 1. The zero-order chi connectivity index (χ0) is 19.2. The lowest BCUT2D eigenvalue weighted by Crippen LogP contribution is -2.43. The highest BCUT2D eigenvalue weighted by Gasteiger charge is 2.28. The summed E-state index contributed by atoms with van der Waals surface area (Å²) in [4.78, 5) is 31.3. The van der Waals surface area contributed by atoms with Gasteiger partial charge < -0.3 is 10.2 Å². The molecule has 27 heavy (non-hydrogen) atoms. The summed E-state index contributed by atoms with van der Waals surface area (Å²) in [5.74, 6) is 0.470. The molecule has 1 atom stereocenters. The van der Waals surface area contributed by atoms with Crippen molar-refractivity contribution in [3.8, 4) is 0 Å². The maximum atomic E-state index is 12.6. The number of nitrogens with zero attached hydrogens (tertiary/aromatic N) is 2. The lowest BCUT2D eigenvalue weighted by Gasteiger charge is -2.32. The second kappa shape index (κ2) is 8.80. The summed E-state index contributed by atoms with van der Waals surface area (Å²) in [6.07, 6.45) is 2.88. The molecule has 0 spiro atoms. The molecule has 2 amide bonds. The molecule has 0 bridgehead atoms. The molecule has 2 aromatic rings. The van der Waals surface area contributed by atoms with E-state index in [2.05, 4.69) is 41.5 Å². The van der Waals surface area contributed by atoms with Crippen LogP contribution < -0.4 is 5.32 Å². The fourth-order valence-corrected chi connectivity index (χ4v) is 3.42. The van der Waals surface area contributed by atoms with E-state index in [0.29, 0.717) is 18.8 Å². The first kappa shape index (κ1) is 19.1. The first-order valence-corrected chi connectivity index (χ1v) is 9.59. The third-order valence-electron chi connectivity index (χ3n) is 5.03. The van der Waals surface area contributed by atoms with Crippen molar-refractivity contribution < 1.29 is 9.59 Å². The molecule has 1 aliphatic rings. The van der Waals surface area contributed by atoms with Crippen LogP contribution in [0.5, 0.6) is 0 Å². The van der Waals surface area contributed by atoms with E-state index in [9.17, 15) is 9.59 Å². The molecule has 2 heterocycles. The van der Waals surface area contributed by atoms with Gasteiger partial charge in [-0.1, -0.05) is 35.9 Å². The number of carbonyl (C=O) groups is 2. The van der Waals surface area contributed by atoms with E-state index in [0.717, 1.165) is 31.5 Å². The van der Waals surface area contributed by atoms with Crippen molar-refractivity contribution in [3.63, 3.8) is 0 Å². The number of rotatable bonds is 5. The Bertz CT molecular complexity index is 801. The lowest BCUT2D eigenvalue weighted by atomic mass is 9.96. The van der Waals surface area contributed by atoms with E-state index in [4.69, 9.17) is 0 Å². The van der Waals surface area contributed by atoms with Crippen LogP contribution in [0.1, 0.15) is 36.1 Å². The maximum Gasteiger partial charge on any atom is 0.230 e. The smallest absolute Gasteiger partial charge is 0.230 e. The van der Waals surface area contributed by atoms with Crippen LogP contribution in [-0.4, -0.2) is 34.8 Å². The van der Waals surface area contributed by atoms with Crippen LogP contribution in [0.15, 0.2) is 42.5 Å². The monoisotopic (exact) mass is 365 g/mol. The molecule has 1 aromatic heterocycles. The molecular formula is C22H27N3O2. The minimum absolute atomic E-state index is 0.0517. The molecule has 1 N–H and O–H groups in total. The maximum absolute atomic E-state index is 12.6. The van der Waals surface area contributed by atoms with Gasteiger partial charge in [0.25, 0.3) is 0 Å². The number of hydrogen-bond donors (Lipinski definition) is 1. The van der Waals surface area contributed by atoms with E-state index >= 15 is 0 Å². The van der Waals surface area contributed by atoms with E-state index in [1.807, 2.05) is 24.0 Å². The van der Waals surface area contributed by atoms with Crippen molar-refractivity contribution in [3.05, 3.63) is 59.3 Å². The van der Waals surface area contributed by atoms with Gasteiger partial charge in [-0.3, -0.25) is 9.59 Å². The van der Waals surface area contributed by atoms with Crippen LogP contribution in [-0.2, 0) is 16.0 Å². The van der Waals surface area contributed by atoms with Gasteiger partial charge in [-0.2, -0.15) is 0 Å². The van der Waals surface area contributed by atoms with Crippen molar-refractivity contribution in [1.29, 1.82) is 0 Å². The molecule has 1 saturated heterocycles. The standard InChI is InChI=1S/C22H27N3O2/c1-16-8-10-18(11-9-16)12-13-21(26)25-14-4-6-19(15-25)22(27)24-20-7-3-5-17(2)23-20/h3,5,7-11,19H,4,6,12-15H2,1-2H3,(H,23,24,27). The average Bonchev–Trinajstić information content (AvgIpc) is 2.67. The van der Waals surface area contributed by atoms with Gasteiger partial charge in [0.05, 0.1) is 5.92 Å². The molecule has 1 aliphatic heterocycles. The number of hydrogen-bond acceptors (Lipinski definition) is 3. The van der Waals surface area contributed by atoms with Gasteiger partial charge in [-0.15, -0.1) is 0 Å². The first-order valence-electron chi connectivity index (χ1n) is 9.59. The van der Waals surface area contributed by atoms with Crippen molar-refractivity contribution in [1.82, 2.24) is 9.88 Å². The zero-order valence-electron chi connectivity index (χ0n) is 16.1. The summed E-state index contributed by atoms with van der Waals surface area (Å²) >= 11 is 0. The summed E-state index contributed by atoms with van der Waals surface area (Å²) in [5.41, 5.74) is 3.26. The summed E-state index contributed by atoms with van der Waals surface area (Å²) in [7, 11) is 0. The van der Waals surface area contributed by atoms with Gasteiger partial charge in [0.2, 0.25) is 11.8 Å². The minimum Gasteiger partial charge on any atom is -0.342 e. The summed E-state index contributed by atoms with van der Waals surface area (Å²) in [5, 5.41) is 2.89. The number of pyridine rings is 1. The average molecular weight is 365 g/mol. The number of piperidine rings is 1. The molecule has 0 aliphatic carbocycles. The van der Waals surface area contributed by atoms with Gasteiger partial charge in [0, 0.05) is 25.2 Å². The van der Waals surface area contributed by atoms with Gasteiger partial charge in [0.1, 0.15) is 5.82 Å². The van der Waals surface area contributed by atoms with Gasteiger partial charge in [-0.05, 0) is 50.8 Å². The van der Waals surface area contributed by atoms with E-state index in [1.54, 1.807) is 6.07 Å². The normalized spacial score (nSPS) is 16.8. The van der Waals surface area contributed by atoms with Crippen LogP contribution in [0, 0.1) is 19.8 Å². The molecule has 1 fully saturated rings. The summed E-state index contributed by atoms with van der Waals surface area (Å²) in [6, 6.07) is 13.8. The van der Waals surface area contributed by atoms with E-state index in [1.165, 1.54) is 11.1 Å². The first-order chi connectivity index (χ1) is 13.0. The predicted octanol–water partition coefficient (Wildman–Crippen LogP) is 3.51. The lowest BCUT2D eigenvalue weighted by molar-refractivity contribution is -0.134. The number of amides is 2. The largest absolute Gasteiger partial charge is 0.342 e. The van der Waals surface area contributed by atoms with Crippen LogP contribution in [0.25, 0.3) is 0 Å². The number of carbonyl (C=O) groups excluding carboxylic acids is 2. The van der Waals surface area contributed by atoms with Crippen LogP contribution in [0.4, 0.5) is 5.82 Å². The Labute approximate surface area is 160 Å². The number of likely N-dealkylation sites (tertiary alicyclic amines) is 1. The number of aryl methyl sites for hydroxylation is 3. The second-order valence-corrected chi connectivity index (χ2v) is 7.32. The SMILES string of the molecule is Cc1ccc(CCC(=O)N2CCCC(C(=O)Nc3cccc(C)n3)C2)cc1. The molecule has 5 nitrogen and oxygen atoms in total. The zero-order valence-corrected chi connectivity index (χ0v) is 16.1. The number of benzene rings is 1. The molecule has 5 heteroatoms. The molecule has 1 aromatic carbocycles. The summed E-state index contributed by atoms with van der Waals surface area (Å²) < 4.78 is 0. The fourth-order valence-electron chi connectivity index (χ4n) is 3.42. The fraction of sp³-hybridized carbons (Fsp3) is 0.409. The molecular weight excluding hydrogens is 338 g/mol. The predicted molar refractivity (Wildman–Crippen MR) is 106 cm³/mol. The highest BCUT2D eigenvalue weighted by atomic mass is 16.2. The Kier molecular flexibility index (Phi) is 6.22. The third kappa shape index (κ3) is 5.39. The van der Waals surface area contributed by atoms with Crippen molar-refractivity contribution in [2.24, 2.45) is 5.92 Å². The van der Waals surface area contributed by atoms with E-state index < -0.39 is 0 Å². The number of anilines is 1. The third-order valence-corrected chi connectivity index (χ3v) is 5.03. The second-order valence-electron chi connectivity index (χ2n) is 7.32. The minimum atomic E-state index is -0.176. The Morgan fingerprint density at radius 2 is 1.93 bits per heavy atom. The van der Waals surface area contributed by atoms with Crippen molar-refractivity contribution in [2.75, 3.05) is 18.4 Å². The van der Waals surface area contributed by atoms with Crippen LogP contribution in [0.3, 0.4) is 0 Å². The van der Waals surface area contributed by atoms with Gasteiger partial charge >= 0.3 is 0 Å².